The molecule has 0 aliphatic rings. The van der Waals surface area contributed by atoms with Gasteiger partial charge in [-0.3, -0.25) is 0 Å². The molecule has 0 bridgehead atoms. The molecule has 0 aliphatic heterocycles. The Hall–Kier alpha value is -3.39. The van der Waals surface area contributed by atoms with E-state index in [9.17, 15) is 0 Å². The zero-order valence-corrected chi connectivity index (χ0v) is 25.6. The second kappa shape index (κ2) is 13.6. The van der Waals surface area contributed by atoms with Crippen LogP contribution in [0.3, 0.4) is 0 Å². The van der Waals surface area contributed by atoms with Gasteiger partial charge in [0.1, 0.15) is 0 Å². The van der Waals surface area contributed by atoms with Crippen LogP contribution in [0.1, 0.15) is 54.1 Å². The molecule has 3 heteroatoms. The van der Waals surface area contributed by atoms with E-state index in [1.807, 2.05) is 81.6 Å². The normalized spacial score (nSPS) is 12.2. The van der Waals surface area contributed by atoms with Gasteiger partial charge >= 0.3 is 0 Å². The van der Waals surface area contributed by atoms with Crippen molar-refractivity contribution < 1.29 is 22.8 Å². The number of benzene rings is 3. The first-order chi connectivity index (χ1) is 19.0. The fraction of sp³-hybridized carbons (Fsp3) is 0.222. The summed E-state index contributed by atoms with van der Waals surface area (Å²) in [6, 6.07) is 40.3. The van der Waals surface area contributed by atoms with Gasteiger partial charge in [0.2, 0.25) is 0 Å². The average Bonchev–Trinajstić information content (AvgIpc) is 2.98. The van der Waals surface area contributed by atoms with E-state index in [1.54, 1.807) is 12.3 Å². The molecule has 0 fully saturated rings. The van der Waals surface area contributed by atoms with Crippen molar-refractivity contribution in [1.82, 2.24) is 9.97 Å². The van der Waals surface area contributed by atoms with Crippen molar-refractivity contribution in [2.45, 2.75) is 46.4 Å². The molecular formula is C36H36IrN2-2. The Labute approximate surface area is 250 Å². The maximum absolute atomic E-state index is 8.31. The molecule has 0 amide bonds. The van der Waals surface area contributed by atoms with E-state index in [0.29, 0.717) is 5.56 Å². The third-order valence-electron chi connectivity index (χ3n) is 6.21. The predicted octanol–water partition coefficient (Wildman–Crippen LogP) is 9.01. The number of pyridine rings is 2. The third kappa shape index (κ3) is 8.29. The molecule has 2 aromatic heterocycles. The van der Waals surface area contributed by atoms with Crippen LogP contribution in [0.15, 0.2) is 116 Å². The van der Waals surface area contributed by atoms with E-state index in [0.717, 1.165) is 22.5 Å². The Bertz CT molecular complexity index is 1510. The van der Waals surface area contributed by atoms with Gasteiger partial charge in [-0.05, 0) is 40.9 Å². The van der Waals surface area contributed by atoms with Crippen molar-refractivity contribution in [3.63, 3.8) is 0 Å². The fourth-order valence-electron chi connectivity index (χ4n) is 4.32. The van der Waals surface area contributed by atoms with Crippen LogP contribution in [0.2, 0.25) is 0 Å². The molecule has 0 spiro atoms. The zero-order chi connectivity index (χ0) is 28.8. The summed E-state index contributed by atoms with van der Waals surface area (Å²) in [4.78, 5) is 8.92. The molecule has 0 N–H and O–H groups in total. The van der Waals surface area contributed by atoms with Gasteiger partial charge in [0, 0.05) is 40.7 Å². The molecule has 1 radical (unpaired) electrons. The van der Waals surface area contributed by atoms with Crippen LogP contribution < -0.4 is 0 Å². The second-order valence-corrected chi connectivity index (χ2v) is 10.7. The number of hydrogen-bond acceptors (Lipinski definition) is 2. The van der Waals surface area contributed by atoms with Crippen LogP contribution in [0.5, 0.6) is 0 Å². The van der Waals surface area contributed by atoms with Gasteiger partial charge in [-0.25, -0.2) is 0 Å². The van der Waals surface area contributed by atoms with E-state index in [4.69, 9.17) is 2.74 Å². The number of rotatable bonds is 5. The molecule has 2 heterocycles. The molecule has 0 atom stereocenters. The van der Waals surface area contributed by atoms with E-state index in [2.05, 4.69) is 78.4 Å². The minimum Gasteiger partial charge on any atom is -0.305 e. The first-order valence-electron chi connectivity index (χ1n) is 13.9. The summed E-state index contributed by atoms with van der Waals surface area (Å²) in [6.07, 6.45) is 2.11. The van der Waals surface area contributed by atoms with Crippen molar-refractivity contribution in [2.24, 2.45) is 5.41 Å². The molecule has 0 aliphatic carbocycles. The van der Waals surface area contributed by atoms with Gasteiger partial charge in [0.25, 0.3) is 0 Å². The largest absolute Gasteiger partial charge is 0.305 e. The average molecular weight is 691 g/mol. The first-order valence-corrected chi connectivity index (χ1v) is 12.9. The fourth-order valence-corrected chi connectivity index (χ4v) is 4.32. The van der Waals surface area contributed by atoms with E-state index < -0.39 is 11.8 Å². The van der Waals surface area contributed by atoms with Gasteiger partial charge in [-0.1, -0.05) is 88.2 Å². The molecule has 201 valence electrons. The van der Waals surface area contributed by atoms with Crippen LogP contribution >= 0.6 is 0 Å². The molecule has 0 saturated heterocycles. The summed E-state index contributed by atoms with van der Waals surface area (Å²) in [7, 11) is 0. The summed E-state index contributed by atoms with van der Waals surface area (Å²) in [6.45, 7) is 10.2. The van der Waals surface area contributed by atoms with Gasteiger partial charge < -0.3 is 9.97 Å². The number of hydrogen-bond donors (Lipinski definition) is 0. The summed E-state index contributed by atoms with van der Waals surface area (Å²) < 4.78 is 16.6. The smallest absolute Gasteiger partial charge is 0.0321 e. The number of aromatic nitrogens is 2. The molecule has 5 aromatic rings. The second-order valence-electron chi connectivity index (χ2n) is 10.7. The van der Waals surface area contributed by atoms with Crippen molar-refractivity contribution in [1.29, 1.82) is 0 Å². The monoisotopic (exact) mass is 691 g/mol. The van der Waals surface area contributed by atoms with Crippen molar-refractivity contribution in [3.05, 3.63) is 144 Å². The van der Waals surface area contributed by atoms with E-state index in [1.165, 1.54) is 11.1 Å². The van der Waals surface area contributed by atoms with Crippen molar-refractivity contribution >= 4 is 0 Å². The maximum atomic E-state index is 8.31. The Morgan fingerprint density at radius 3 is 1.95 bits per heavy atom. The van der Waals surface area contributed by atoms with Crippen LogP contribution in [0.25, 0.3) is 22.5 Å². The SMILES string of the molecule is CC(C)(c1ccccc1)c1cccnc1-c1[c-]cccc1.[2H]C([2H])(c1ccnc(-c2[c-]cccc2)c1)C(C)(C)C.[Ir]. The summed E-state index contributed by atoms with van der Waals surface area (Å²) in [5.74, 6) is 0. The van der Waals surface area contributed by atoms with Gasteiger partial charge in [-0.15, -0.1) is 71.8 Å². The van der Waals surface area contributed by atoms with Crippen molar-refractivity contribution in [3.8, 4) is 22.5 Å². The summed E-state index contributed by atoms with van der Waals surface area (Å²) >= 11 is 0. The Balaban J connectivity index is 0.000000221. The Morgan fingerprint density at radius 2 is 1.33 bits per heavy atom. The maximum Gasteiger partial charge on any atom is 0.0321 e. The summed E-state index contributed by atoms with van der Waals surface area (Å²) in [5.41, 5.74) is 6.28. The Morgan fingerprint density at radius 1 is 0.692 bits per heavy atom. The molecular weight excluding hydrogens is 653 g/mol. The van der Waals surface area contributed by atoms with Gasteiger partial charge in [0.15, 0.2) is 0 Å². The third-order valence-corrected chi connectivity index (χ3v) is 6.21. The van der Waals surface area contributed by atoms with E-state index >= 15 is 0 Å². The van der Waals surface area contributed by atoms with Gasteiger partial charge in [0.05, 0.1) is 0 Å². The summed E-state index contributed by atoms with van der Waals surface area (Å²) in [5, 5.41) is 0. The topological polar surface area (TPSA) is 25.8 Å². The standard InChI is InChI=1S/C20H18N.C16H18N.Ir/c1-20(2,17-12-7-4-8-13-17)18-14-9-15-21-19(18)16-10-5-3-6-11-16;1-16(2,3)12-13-9-10-17-15(11-13)14-7-5-4-6-8-14;/h3-10,12-15H,1-2H3;4-7,9-11H,12H2,1-3H3;/q2*-1;/i;12D2;. The van der Waals surface area contributed by atoms with Crippen LogP contribution in [-0.4, -0.2) is 9.97 Å². The molecule has 0 saturated carbocycles. The van der Waals surface area contributed by atoms with E-state index in [-0.39, 0.29) is 25.5 Å². The quantitative estimate of drug-likeness (QED) is 0.172. The van der Waals surface area contributed by atoms with Crippen molar-refractivity contribution in [2.75, 3.05) is 0 Å². The van der Waals surface area contributed by atoms with Crippen LogP contribution in [-0.2, 0) is 31.9 Å². The number of nitrogens with zero attached hydrogens (tertiary/aromatic N) is 2. The predicted molar refractivity (Wildman–Crippen MR) is 159 cm³/mol. The molecule has 39 heavy (non-hydrogen) atoms. The first kappa shape index (κ1) is 27.2. The minimum absolute atomic E-state index is 0. The van der Waals surface area contributed by atoms with Gasteiger partial charge in [-0.2, -0.15) is 0 Å². The minimum atomic E-state index is -1.40. The Kier molecular flexibility index (Phi) is 9.48. The van der Waals surface area contributed by atoms with Crippen LogP contribution in [0.4, 0.5) is 0 Å². The molecule has 2 nitrogen and oxygen atoms in total. The molecule has 5 rings (SSSR count). The van der Waals surface area contributed by atoms with Crippen LogP contribution in [0, 0.1) is 17.5 Å². The molecule has 3 aromatic carbocycles. The molecule has 0 unspecified atom stereocenters. The zero-order valence-electron chi connectivity index (χ0n) is 25.2.